The molecule has 1 nitrogen and oxygen atoms in total. The van der Waals surface area contributed by atoms with Crippen LogP contribution in [0.15, 0.2) is 18.2 Å². The first kappa shape index (κ1) is 17.3. The predicted molar refractivity (Wildman–Crippen MR) is 56.7 cm³/mol. The van der Waals surface area contributed by atoms with E-state index >= 15 is 0 Å². The van der Waals surface area contributed by atoms with Crippen LogP contribution in [-0.2, 0) is 6.18 Å². The first-order valence-corrected chi connectivity index (χ1v) is 4.59. The maximum absolute atomic E-state index is 12.3. The molecule has 0 fully saturated rings. The van der Waals surface area contributed by atoms with Crippen LogP contribution in [0.4, 0.5) is 26.3 Å². The number of nitrogens with two attached hydrogens (primary N) is 1. The Bertz CT molecular complexity index is 414. The first-order chi connectivity index (χ1) is 7.51. The van der Waals surface area contributed by atoms with Crippen LogP contribution in [0.2, 0.25) is 5.02 Å². The normalized spacial score (nSPS) is 14.0. The molecule has 0 radical (unpaired) electrons. The summed E-state index contributed by atoms with van der Waals surface area (Å²) in [5.41, 5.74) is 2.81. The van der Waals surface area contributed by atoms with E-state index in [4.69, 9.17) is 17.3 Å². The van der Waals surface area contributed by atoms with Crippen molar-refractivity contribution in [2.75, 3.05) is 0 Å². The molecule has 1 aromatic carbocycles. The average molecular weight is 314 g/mol. The first-order valence-electron chi connectivity index (χ1n) is 4.22. The number of halogens is 8. The number of hydrogen-bond donors (Lipinski definition) is 1. The van der Waals surface area contributed by atoms with Crippen LogP contribution in [-0.4, -0.2) is 6.18 Å². The highest BCUT2D eigenvalue weighted by molar-refractivity contribution is 6.30. The SMILES string of the molecule is Cl.N[C@@H](c1cc(Cl)cc(C(F)(F)F)c1)C(F)(F)F. The van der Waals surface area contributed by atoms with E-state index in [1.54, 1.807) is 0 Å². The van der Waals surface area contributed by atoms with Crippen LogP contribution in [0.1, 0.15) is 17.2 Å². The molecule has 0 unspecified atom stereocenters. The molecule has 0 bridgehead atoms. The van der Waals surface area contributed by atoms with Crippen LogP contribution in [0.5, 0.6) is 0 Å². The molecule has 0 aliphatic carbocycles. The molecule has 0 heterocycles. The Morgan fingerprint density at radius 2 is 1.50 bits per heavy atom. The van der Waals surface area contributed by atoms with Crippen molar-refractivity contribution in [2.24, 2.45) is 5.73 Å². The van der Waals surface area contributed by atoms with Crippen molar-refractivity contribution >= 4 is 24.0 Å². The molecule has 104 valence electrons. The Morgan fingerprint density at radius 3 is 1.89 bits per heavy atom. The summed E-state index contributed by atoms with van der Waals surface area (Å²) in [6, 6.07) is -0.866. The highest BCUT2D eigenvalue weighted by Gasteiger charge is 2.39. The van der Waals surface area contributed by atoms with E-state index in [1.807, 2.05) is 0 Å². The molecule has 0 saturated heterocycles. The van der Waals surface area contributed by atoms with E-state index in [0.29, 0.717) is 12.1 Å². The highest BCUT2D eigenvalue weighted by Crippen LogP contribution is 2.36. The van der Waals surface area contributed by atoms with Crippen molar-refractivity contribution in [3.8, 4) is 0 Å². The third-order valence-corrected chi connectivity index (χ3v) is 2.18. The standard InChI is InChI=1S/C9H6ClF6N.ClH/c10-6-2-4(7(17)9(14,15)16)1-5(3-6)8(11,12)13;/h1-3,7H,17H2;1H/t7-;/m0./s1. The second-order valence-electron chi connectivity index (χ2n) is 3.29. The van der Waals surface area contributed by atoms with Gasteiger partial charge in [0.25, 0.3) is 0 Å². The molecule has 2 N–H and O–H groups in total. The van der Waals surface area contributed by atoms with Crippen molar-refractivity contribution in [3.05, 3.63) is 34.3 Å². The van der Waals surface area contributed by atoms with E-state index in [0.717, 1.165) is 6.07 Å². The molecule has 1 atom stereocenters. The minimum Gasteiger partial charge on any atom is -0.316 e. The fourth-order valence-corrected chi connectivity index (χ4v) is 1.39. The van der Waals surface area contributed by atoms with Gasteiger partial charge in [0.2, 0.25) is 0 Å². The van der Waals surface area contributed by atoms with Gasteiger partial charge in [-0.15, -0.1) is 12.4 Å². The fraction of sp³-hybridized carbons (Fsp3) is 0.333. The average Bonchev–Trinajstić information content (AvgIpc) is 2.12. The molecular weight excluding hydrogens is 307 g/mol. The molecule has 1 aromatic rings. The summed E-state index contributed by atoms with van der Waals surface area (Å²) in [4.78, 5) is 0. The van der Waals surface area contributed by atoms with Crippen molar-refractivity contribution in [1.29, 1.82) is 0 Å². The van der Waals surface area contributed by atoms with Crippen molar-refractivity contribution in [1.82, 2.24) is 0 Å². The third kappa shape index (κ3) is 4.22. The second-order valence-corrected chi connectivity index (χ2v) is 3.73. The van der Waals surface area contributed by atoms with E-state index in [9.17, 15) is 26.3 Å². The zero-order chi connectivity index (χ0) is 13.4. The molecule has 0 aliphatic rings. The Morgan fingerprint density at radius 1 is 1.00 bits per heavy atom. The van der Waals surface area contributed by atoms with Gasteiger partial charge in [0.15, 0.2) is 0 Å². The zero-order valence-electron chi connectivity index (χ0n) is 8.44. The lowest BCUT2D eigenvalue weighted by atomic mass is 10.0. The van der Waals surface area contributed by atoms with Gasteiger partial charge in [-0.25, -0.2) is 0 Å². The van der Waals surface area contributed by atoms with Crippen LogP contribution in [0.3, 0.4) is 0 Å². The lowest BCUT2D eigenvalue weighted by Crippen LogP contribution is -2.28. The van der Waals surface area contributed by atoms with E-state index in [1.165, 1.54) is 0 Å². The zero-order valence-corrected chi connectivity index (χ0v) is 10.0. The van der Waals surface area contributed by atoms with Crippen LogP contribution in [0, 0.1) is 0 Å². The van der Waals surface area contributed by atoms with Crippen LogP contribution >= 0.6 is 24.0 Å². The number of benzene rings is 1. The van der Waals surface area contributed by atoms with Gasteiger partial charge in [-0.3, -0.25) is 0 Å². The van der Waals surface area contributed by atoms with Crippen LogP contribution in [0.25, 0.3) is 0 Å². The summed E-state index contributed by atoms with van der Waals surface area (Å²) >= 11 is 5.33. The summed E-state index contributed by atoms with van der Waals surface area (Å²) in [5.74, 6) is 0. The van der Waals surface area contributed by atoms with Crippen molar-refractivity contribution in [3.63, 3.8) is 0 Å². The Kier molecular flexibility index (Phi) is 5.34. The van der Waals surface area contributed by atoms with E-state index < -0.39 is 34.5 Å². The number of alkyl halides is 6. The number of hydrogen-bond acceptors (Lipinski definition) is 1. The minimum atomic E-state index is -4.83. The summed E-state index contributed by atoms with van der Waals surface area (Å²) in [5, 5.41) is -0.450. The highest BCUT2D eigenvalue weighted by atomic mass is 35.5. The van der Waals surface area contributed by atoms with E-state index in [-0.39, 0.29) is 12.4 Å². The lowest BCUT2D eigenvalue weighted by molar-refractivity contribution is -0.150. The molecule has 18 heavy (non-hydrogen) atoms. The van der Waals surface area contributed by atoms with Gasteiger partial charge in [-0.2, -0.15) is 26.3 Å². The topological polar surface area (TPSA) is 26.0 Å². The molecule has 0 spiro atoms. The van der Waals surface area contributed by atoms with Gasteiger partial charge < -0.3 is 5.73 Å². The second kappa shape index (κ2) is 5.54. The van der Waals surface area contributed by atoms with Crippen LogP contribution < -0.4 is 5.73 Å². The number of rotatable bonds is 1. The smallest absolute Gasteiger partial charge is 0.316 e. The van der Waals surface area contributed by atoms with Gasteiger partial charge in [-0.05, 0) is 23.8 Å². The summed E-state index contributed by atoms with van der Waals surface area (Å²) in [6.07, 6.45) is -9.60. The third-order valence-electron chi connectivity index (χ3n) is 1.96. The fourth-order valence-electron chi connectivity index (χ4n) is 1.14. The summed E-state index contributed by atoms with van der Waals surface area (Å²) < 4.78 is 73.7. The Balaban J connectivity index is 0.00000289. The van der Waals surface area contributed by atoms with E-state index in [2.05, 4.69) is 0 Å². The van der Waals surface area contributed by atoms with Crippen molar-refractivity contribution < 1.29 is 26.3 Å². The van der Waals surface area contributed by atoms with Gasteiger partial charge in [0, 0.05) is 5.02 Å². The predicted octanol–water partition coefficient (Wildman–Crippen LogP) is 4.34. The quantitative estimate of drug-likeness (QED) is 0.767. The van der Waals surface area contributed by atoms with Gasteiger partial charge in [0.05, 0.1) is 5.56 Å². The molecule has 0 aromatic heterocycles. The summed E-state index contributed by atoms with van der Waals surface area (Å²) in [7, 11) is 0. The lowest BCUT2D eigenvalue weighted by Gasteiger charge is -2.17. The maximum atomic E-state index is 12.3. The Hall–Kier alpha value is -0.660. The van der Waals surface area contributed by atoms with Gasteiger partial charge in [0.1, 0.15) is 6.04 Å². The molecule has 0 amide bonds. The Labute approximate surface area is 109 Å². The molecule has 0 saturated carbocycles. The monoisotopic (exact) mass is 313 g/mol. The molecular formula is C9H7Cl2F6N. The van der Waals surface area contributed by atoms with Gasteiger partial charge >= 0.3 is 12.4 Å². The summed E-state index contributed by atoms with van der Waals surface area (Å²) in [6.45, 7) is 0. The van der Waals surface area contributed by atoms with Gasteiger partial charge in [-0.1, -0.05) is 11.6 Å². The minimum absolute atomic E-state index is 0. The maximum Gasteiger partial charge on any atom is 0.416 e. The molecule has 0 aliphatic heterocycles. The largest absolute Gasteiger partial charge is 0.416 e. The van der Waals surface area contributed by atoms with Crippen molar-refractivity contribution in [2.45, 2.75) is 18.4 Å². The molecule has 1 rings (SSSR count). The molecule has 9 heteroatoms.